The molecule has 0 saturated carbocycles. The van der Waals surface area contributed by atoms with Crippen LogP contribution in [0.4, 0.5) is 5.69 Å². The number of rotatable bonds is 5. The SMILES string of the molecule is Cc1ccc(S(=O)(=O)Oc2ccc(Br)cc2/C=C2/SC(=Nc3cccc(I)c3)NC2=O)cc1. The molecule has 0 spiro atoms. The highest BCUT2D eigenvalue weighted by molar-refractivity contribution is 14.1. The molecule has 0 unspecified atom stereocenters. The van der Waals surface area contributed by atoms with Crippen molar-refractivity contribution < 1.29 is 17.4 Å². The monoisotopic (exact) mass is 654 g/mol. The Balaban J connectivity index is 1.64. The second kappa shape index (κ2) is 10.00. The largest absolute Gasteiger partial charge is 0.378 e. The predicted octanol–water partition coefficient (Wildman–Crippen LogP) is 6.02. The standard InChI is InChI=1S/C23H16BrIN2O4S2/c1-14-5-8-19(9-6-14)33(29,30)31-20-10-7-16(24)11-15(20)12-21-22(28)27-23(32-21)26-18-4-2-3-17(25)13-18/h2-13H,1H3,(H,26,27,28)/b21-12+. The van der Waals surface area contributed by atoms with Crippen LogP contribution in [0.5, 0.6) is 5.75 Å². The molecule has 1 fully saturated rings. The molecule has 0 aliphatic carbocycles. The van der Waals surface area contributed by atoms with Gasteiger partial charge in [0.15, 0.2) is 5.17 Å². The molecule has 33 heavy (non-hydrogen) atoms. The topological polar surface area (TPSA) is 84.8 Å². The number of halogens is 2. The van der Waals surface area contributed by atoms with Crippen LogP contribution in [-0.2, 0) is 14.9 Å². The maximum absolute atomic E-state index is 12.8. The number of aryl methyl sites for hydroxylation is 1. The van der Waals surface area contributed by atoms with Crippen LogP contribution in [0.2, 0.25) is 0 Å². The zero-order valence-electron chi connectivity index (χ0n) is 17.1. The van der Waals surface area contributed by atoms with Gasteiger partial charge in [0.05, 0.1) is 10.6 Å². The van der Waals surface area contributed by atoms with E-state index >= 15 is 0 Å². The smallest absolute Gasteiger partial charge is 0.339 e. The quantitative estimate of drug-likeness (QED) is 0.207. The Hall–Kier alpha value is -2.15. The number of nitrogens with one attached hydrogen (secondary N) is 1. The number of hydrogen-bond acceptors (Lipinski definition) is 6. The van der Waals surface area contributed by atoms with Gasteiger partial charge in [-0.05, 0) is 95.9 Å². The Bertz CT molecular complexity index is 1400. The van der Waals surface area contributed by atoms with E-state index in [1.54, 1.807) is 36.4 Å². The van der Waals surface area contributed by atoms with Crippen LogP contribution in [0.1, 0.15) is 11.1 Å². The lowest BCUT2D eigenvalue weighted by Crippen LogP contribution is -2.19. The molecule has 1 aliphatic rings. The molecule has 6 nitrogen and oxygen atoms in total. The summed E-state index contributed by atoms with van der Waals surface area (Å²) in [5.41, 5.74) is 2.10. The van der Waals surface area contributed by atoms with E-state index < -0.39 is 10.1 Å². The third-order valence-electron chi connectivity index (χ3n) is 4.46. The Kier molecular flexibility index (Phi) is 7.27. The lowest BCUT2D eigenvalue weighted by molar-refractivity contribution is -0.115. The molecule has 0 atom stereocenters. The van der Waals surface area contributed by atoms with Crippen molar-refractivity contribution >= 4 is 83.2 Å². The maximum atomic E-state index is 12.8. The fourth-order valence-corrected chi connectivity index (χ4v) is 5.56. The lowest BCUT2D eigenvalue weighted by Gasteiger charge is -2.10. The maximum Gasteiger partial charge on any atom is 0.339 e. The average Bonchev–Trinajstić information content (AvgIpc) is 3.09. The Morgan fingerprint density at radius 3 is 2.58 bits per heavy atom. The summed E-state index contributed by atoms with van der Waals surface area (Å²) < 4.78 is 32.7. The van der Waals surface area contributed by atoms with Crippen LogP contribution in [-0.4, -0.2) is 19.5 Å². The van der Waals surface area contributed by atoms with Crippen LogP contribution in [0.3, 0.4) is 0 Å². The molecule has 10 heteroatoms. The zero-order chi connectivity index (χ0) is 23.6. The zero-order valence-corrected chi connectivity index (χ0v) is 22.5. The molecule has 1 amide bonds. The normalized spacial score (nSPS) is 16.3. The molecule has 3 aromatic rings. The number of aliphatic imine (C=N–C) groups is 1. The average molecular weight is 655 g/mol. The van der Waals surface area contributed by atoms with Crippen LogP contribution >= 0.6 is 50.3 Å². The Morgan fingerprint density at radius 1 is 1.09 bits per heavy atom. The van der Waals surface area contributed by atoms with Gasteiger partial charge in [-0.2, -0.15) is 8.42 Å². The first-order valence-corrected chi connectivity index (χ1v) is 13.7. The van der Waals surface area contributed by atoms with Crippen molar-refractivity contribution in [2.24, 2.45) is 4.99 Å². The van der Waals surface area contributed by atoms with Crippen LogP contribution in [0.15, 0.2) is 86.0 Å². The van der Waals surface area contributed by atoms with Gasteiger partial charge in [-0.15, -0.1) is 0 Å². The van der Waals surface area contributed by atoms with Gasteiger partial charge in [-0.25, -0.2) is 4.99 Å². The van der Waals surface area contributed by atoms with E-state index in [-0.39, 0.29) is 16.6 Å². The van der Waals surface area contributed by atoms with Crippen molar-refractivity contribution in [2.45, 2.75) is 11.8 Å². The number of amides is 1. The molecule has 1 heterocycles. The summed E-state index contributed by atoms with van der Waals surface area (Å²) in [5, 5.41) is 3.18. The molecule has 0 radical (unpaired) electrons. The molecule has 0 aromatic heterocycles. The second-order valence-electron chi connectivity index (χ2n) is 6.99. The van der Waals surface area contributed by atoms with Crippen LogP contribution in [0, 0.1) is 10.5 Å². The number of benzene rings is 3. The van der Waals surface area contributed by atoms with Crippen molar-refractivity contribution in [3.8, 4) is 5.75 Å². The summed E-state index contributed by atoms with van der Waals surface area (Å²) in [6.07, 6.45) is 1.59. The summed E-state index contributed by atoms with van der Waals surface area (Å²) in [5.74, 6) is -0.209. The number of amidine groups is 1. The third-order valence-corrected chi connectivity index (χ3v) is 7.78. The minimum atomic E-state index is -4.04. The molecular formula is C23H16BrIN2O4S2. The van der Waals surface area contributed by atoms with Crippen LogP contribution in [0.25, 0.3) is 6.08 Å². The number of nitrogens with zero attached hydrogens (tertiary/aromatic N) is 1. The highest BCUT2D eigenvalue weighted by Gasteiger charge is 2.25. The molecular weight excluding hydrogens is 639 g/mol. The summed E-state index contributed by atoms with van der Waals surface area (Å²) in [7, 11) is -4.04. The van der Waals surface area contributed by atoms with Crippen molar-refractivity contribution in [2.75, 3.05) is 0 Å². The van der Waals surface area contributed by atoms with Gasteiger partial charge in [0, 0.05) is 13.6 Å². The molecule has 168 valence electrons. The molecule has 1 aliphatic heterocycles. The van der Waals surface area contributed by atoms with Gasteiger partial charge < -0.3 is 9.50 Å². The van der Waals surface area contributed by atoms with E-state index in [1.165, 1.54) is 23.9 Å². The number of carbonyl (C=O) groups is 1. The van der Waals surface area contributed by atoms with Crippen molar-refractivity contribution in [3.63, 3.8) is 0 Å². The Labute approximate surface area is 217 Å². The van der Waals surface area contributed by atoms with E-state index in [4.69, 9.17) is 4.18 Å². The van der Waals surface area contributed by atoms with Crippen molar-refractivity contribution in [1.82, 2.24) is 5.32 Å². The van der Waals surface area contributed by atoms with Gasteiger partial charge in [-0.3, -0.25) is 4.79 Å². The molecule has 1 saturated heterocycles. The fourth-order valence-electron chi connectivity index (χ4n) is 2.86. The van der Waals surface area contributed by atoms with Gasteiger partial charge in [0.1, 0.15) is 10.6 Å². The predicted molar refractivity (Wildman–Crippen MR) is 143 cm³/mol. The summed E-state index contributed by atoms with van der Waals surface area (Å²) >= 11 is 6.76. The van der Waals surface area contributed by atoms with Gasteiger partial charge in [-0.1, -0.05) is 39.7 Å². The first kappa shape index (κ1) is 24.0. The van der Waals surface area contributed by atoms with E-state index in [0.29, 0.717) is 20.1 Å². The summed E-state index contributed by atoms with van der Waals surface area (Å²) in [6, 6.07) is 18.9. The first-order valence-electron chi connectivity index (χ1n) is 9.55. The molecule has 1 N–H and O–H groups in total. The van der Waals surface area contributed by atoms with Gasteiger partial charge >= 0.3 is 10.1 Å². The second-order valence-corrected chi connectivity index (χ2v) is 11.7. The number of carbonyl (C=O) groups excluding carboxylic acids is 1. The van der Waals surface area contributed by atoms with E-state index in [2.05, 4.69) is 48.8 Å². The summed E-state index contributed by atoms with van der Waals surface area (Å²) in [4.78, 5) is 17.4. The highest BCUT2D eigenvalue weighted by atomic mass is 127. The number of hydrogen-bond donors (Lipinski definition) is 1. The third kappa shape index (κ3) is 6.05. The van der Waals surface area contributed by atoms with E-state index in [9.17, 15) is 13.2 Å². The minimum Gasteiger partial charge on any atom is -0.378 e. The Morgan fingerprint density at radius 2 is 1.85 bits per heavy atom. The fraction of sp³-hybridized carbons (Fsp3) is 0.0435. The molecule has 3 aromatic carbocycles. The van der Waals surface area contributed by atoms with Crippen molar-refractivity contribution in [3.05, 3.63) is 90.8 Å². The molecule has 0 bridgehead atoms. The molecule has 4 rings (SSSR count). The minimum absolute atomic E-state index is 0.0505. The van der Waals surface area contributed by atoms with Crippen molar-refractivity contribution in [1.29, 1.82) is 0 Å². The van der Waals surface area contributed by atoms with E-state index in [1.807, 2.05) is 31.2 Å². The van der Waals surface area contributed by atoms with E-state index in [0.717, 1.165) is 14.8 Å². The van der Waals surface area contributed by atoms with Gasteiger partial charge in [0.2, 0.25) is 0 Å². The first-order chi connectivity index (χ1) is 15.7. The summed E-state index contributed by atoms with van der Waals surface area (Å²) in [6.45, 7) is 1.87. The highest BCUT2D eigenvalue weighted by Crippen LogP contribution is 2.33. The van der Waals surface area contributed by atoms with Crippen LogP contribution < -0.4 is 9.50 Å². The van der Waals surface area contributed by atoms with Gasteiger partial charge in [0.25, 0.3) is 5.91 Å². The lowest BCUT2D eigenvalue weighted by atomic mass is 10.2. The number of thioether (sulfide) groups is 1.